The third-order valence-corrected chi connectivity index (χ3v) is 2.32. The van der Waals surface area contributed by atoms with Gasteiger partial charge in [0.1, 0.15) is 5.82 Å². The number of nitrogens with one attached hydrogen (secondary N) is 1. The van der Waals surface area contributed by atoms with Crippen LogP contribution in [0.3, 0.4) is 0 Å². The van der Waals surface area contributed by atoms with E-state index < -0.39 is 0 Å². The van der Waals surface area contributed by atoms with E-state index in [-0.39, 0.29) is 5.82 Å². The van der Waals surface area contributed by atoms with E-state index in [1.165, 1.54) is 6.07 Å². The van der Waals surface area contributed by atoms with Gasteiger partial charge in [0.05, 0.1) is 0 Å². The minimum absolute atomic E-state index is 0.176. The van der Waals surface area contributed by atoms with E-state index in [4.69, 9.17) is 0 Å². The van der Waals surface area contributed by atoms with Crippen LogP contribution in [-0.2, 0) is 0 Å². The van der Waals surface area contributed by atoms with Crippen LogP contribution in [0.5, 0.6) is 0 Å². The summed E-state index contributed by atoms with van der Waals surface area (Å²) in [6.07, 6.45) is 4.12. The highest BCUT2D eigenvalue weighted by Crippen LogP contribution is 2.11. The van der Waals surface area contributed by atoms with Gasteiger partial charge >= 0.3 is 0 Å². The zero-order valence-electron chi connectivity index (χ0n) is 9.55. The molecule has 0 radical (unpaired) electrons. The second-order valence-electron chi connectivity index (χ2n) is 3.71. The van der Waals surface area contributed by atoms with E-state index in [9.17, 15) is 4.39 Å². The number of aryl methyl sites for hydroxylation is 1. The van der Waals surface area contributed by atoms with Crippen molar-refractivity contribution in [3.05, 3.63) is 41.2 Å². The van der Waals surface area contributed by atoms with E-state index in [1.807, 2.05) is 13.0 Å². The van der Waals surface area contributed by atoms with Crippen molar-refractivity contribution in [2.24, 2.45) is 0 Å². The van der Waals surface area contributed by atoms with Crippen LogP contribution in [0.1, 0.15) is 25.0 Å². The van der Waals surface area contributed by atoms with Crippen molar-refractivity contribution < 1.29 is 4.39 Å². The van der Waals surface area contributed by atoms with E-state index >= 15 is 0 Å². The molecule has 0 saturated heterocycles. The molecule has 0 amide bonds. The molecule has 0 bridgehead atoms. The highest BCUT2D eigenvalue weighted by atomic mass is 19.1. The minimum Gasteiger partial charge on any atom is -0.311 e. The number of hydrogen-bond acceptors (Lipinski definition) is 1. The maximum atomic E-state index is 12.8. The molecule has 1 rings (SSSR count). The fourth-order valence-electron chi connectivity index (χ4n) is 1.46. The summed E-state index contributed by atoms with van der Waals surface area (Å²) in [5.74, 6) is -0.176. The summed E-state index contributed by atoms with van der Waals surface area (Å²) in [4.78, 5) is 0. The standard InChI is InChI=1S/C13H18FN/c1-4-15-11(3)5-6-12-7-8-13(14)9-10(12)2/h5-9,11,15H,4H2,1-3H3/b6-5+. The Labute approximate surface area is 91.0 Å². The second-order valence-corrected chi connectivity index (χ2v) is 3.71. The van der Waals surface area contributed by atoms with Crippen molar-refractivity contribution in [3.63, 3.8) is 0 Å². The molecule has 0 spiro atoms. The van der Waals surface area contributed by atoms with Crippen LogP contribution in [-0.4, -0.2) is 12.6 Å². The van der Waals surface area contributed by atoms with Crippen LogP contribution < -0.4 is 5.32 Å². The number of halogens is 1. The van der Waals surface area contributed by atoms with E-state index in [0.717, 1.165) is 17.7 Å². The highest BCUT2D eigenvalue weighted by Gasteiger charge is 1.97. The summed E-state index contributed by atoms with van der Waals surface area (Å²) in [6, 6.07) is 5.20. The lowest BCUT2D eigenvalue weighted by atomic mass is 10.1. The molecular formula is C13H18FN. The van der Waals surface area contributed by atoms with Gasteiger partial charge in [-0.1, -0.05) is 25.1 Å². The first-order valence-electron chi connectivity index (χ1n) is 5.31. The Hall–Kier alpha value is -1.15. The molecule has 1 aromatic rings. The Morgan fingerprint density at radius 2 is 2.20 bits per heavy atom. The van der Waals surface area contributed by atoms with Gasteiger partial charge in [0, 0.05) is 6.04 Å². The predicted octanol–water partition coefficient (Wildman–Crippen LogP) is 3.15. The van der Waals surface area contributed by atoms with Gasteiger partial charge in [0.25, 0.3) is 0 Å². The molecule has 0 aliphatic heterocycles. The van der Waals surface area contributed by atoms with E-state index in [2.05, 4.69) is 25.2 Å². The zero-order chi connectivity index (χ0) is 11.3. The van der Waals surface area contributed by atoms with Crippen molar-refractivity contribution in [2.75, 3.05) is 6.54 Å². The molecule has 1 atom stereocenters. The maximum absolute atomic E-state index is 12.8. The van der Waals surface area contributed by atoms with Crippen LogP contribution in [0.15, 0.2) is 24.3 Å². The smallest absolute Gasteiger partial charge is 0.123 e. The fraction of sp³-hybridized carbons (Fsp3) is 0.385. The Balaban J connectivity index is 2.72. The first kappa shape index (κ1) is 11.9. The first-order valence-corrected chi connectivity index (χ1v) is 5.31. The van der Waals surface area contributed by atoms with E-state index in [0.29, 0.717) is 6.04 Å². The average Bonchev–Trinajstić information content (AvgIpc) is 2.17. The quantitative estimate of drug-likeness (QED) is 0.799. The van der Waals surface area contributed by atoms with Gasteiger partial charge in [0.2, 0.25) is 0 Å². The molecule has 2 heteroatoms. The molecule has 0 aliphatic rings. The van der Waals surface area contributed by atoms with Crippen LogP contribution in [0.2, 0.25) is 0 Å². The number of benzene rings is 1. The largest absolute Gasteiger partial charge is 0.311 e. The summed E-state index contributed by atoms with van der Waals surface area (Å²) in [7, 11) is 0. The van der Waals surface area contributed by atoms with E-state index in [1.54, 1.807) is 12.1 Å². The molecule has 0 aliphatic carbocycles. The Morgan fingerprint density at radius 3 is 2.80 bits per heavy atom. The molecule has 15 heavy (non-hydrogen) atoms. The highest BCUT2D eigenvalue weighted by molar-refractivity contribution is 5.53. The minimum atomic E-state index is -0.176. The molecule has 0 saturated carbocycles. The topological polar surface area (TPSA) is 12.0 Å². The van der Waals surface area contributed by atoms with Crippen molar-refractivity contribution >= 4 is 6.08 Å². The van der Waals surface area contributed by atoms with Gasteiger partial charge in [-0.15, -0.1) is 0 Å². The fourth-order valence-corrected chi connectivity index (χ4v) is 1.46. The lowest BCUT2D eigenvalue weighted by Crippen LogP contribution is -2.22. The predicted molar refractivity (Wildman–Crippen MR) is 63.3 cm³/mol. The SMILES string of the molecule is CCNC(C)/C=C/c1ccc(F)cc1C. The molecule has 1 nitrogen and oxygen atoms in total. The zero-order valence-corrected chi connectivity index (χ0v) is 9.55. The van der Waals surface area contributed by atoms with Gasteiger partial charge in [-0.05, 0) is 43.7 Å². The molecule has 1 aromatic carbocycles. The van der Waals surface area contributed by atoms with Crippen molar-refractivity contribution in [2.45, 2.75) is 26.8 Å². The van der Waals surface area contributed by atoms with Gasteiger partial charge in [-0.2, -0.15) is 0 Å². The summed E-state index contributed by atoms with van der Waals surface area (Å²) >= 11 is 0. The summed E-state index contributed by atoms with van der Waals surface area (Å²) < 4.78 is 12.8. The van der Waals surface area contributed by atoms with Crippen molar-refractivity contribution in [1.82, 2.24) is 5.32 Å². The molecule has 0 fully saturated rings. The first-order chi connectivity index (χ1) is 7.13. The normalized spacial score (nSPS) is 13.3. The van der Waals surface area contributed by atoms with Crippen LogP contribution in [0.25, 0.3) is 6.08 Å². The molecule has 1 unspecified atom stereocenters. The van der Waals surface area contributed by atoms with Gasteiger partial charge in [-0.3, -0.25) is 0 Å². The second kappa shape index (κ2) is 5.66. The third kappa shape index (κ3) is 3.84. The average molecular weight is 207 g/mol. The number of rotatable bonds is 4. The number of hydrogen-bond donors (Lipinski definition) is 1. The number of likely N-dealkylation sites (N-methyl/N-ethyl adjacent to an activating group) is 1. The third-order valence-electron chi connectivity index (χ3n) is 2.32. The summed E-state index contributed by atoms with van der Waals surface area (Å²) in [5.41, 5.74) is 2.04. The van der Waals surface area contributed by atoms with Gasteiger partial charge in [0.15, 0.2) is 0 Å². The molecule has 1 N–H and O–H groups in total. The van der Waals surface area contributed by atoms with Crippen LogP contribution >= 0.6 is 0 Å². The molecule has 0 aromatic heterocycles. The molecule has 0 heterocycles. The molecular weight excluding hydrogens is 189 g/mol. The van der Waals surface area contributed by atoms with Crippen molar-refractivity contribution in [1.29, 1.82) is 0 Å². The Kier molecular flexibility index (Phi) is 4.50. The molecule has 82 valence electrons. The Bertz CT molecular complexity index is 344. The monoisotopic (exact) mass is 207 g/mol. The Morgan fingerprint density at radius 1 is 1.47 bits per heavy atom. The maximum Gasteiger partial charge on any atom is 0.123 e. The van der Waals surface area contributed by atoms with Crippen molar-refractivity contribution in [3.8, 4) is 0 Å². The van der Waals surface area contributed by atoms with Gasteiger partial charge in [-0.25, -0.2) is 4.39 Å². The van der Waals surface area contributed by atoms with Crippen LogP contribution in [0, 0.1) is 12.7 Å². The van der Waals surface area contributed by atoms with Gasteiger partial charge < -0.3 is 5.32 Å². The summed E-state index contributed by atoms with van der Waals surface area (Å²) in [6.45, 7) is 7.04. The lowest BCUT2D eigenvalue weighted by Gasteiger charge is -2.06. The van der Waals surface area contributed by atoms with Crippen LogP contribution in [0.4, 0.5) is 4.39 Å². The lowest BCUT2D eigenvalue weighted by molar-refractivity contribution is 0.626. The summed E-state index contributed by atoms with van der Waals surface area (Å²) in [5, 5.41) is 3.29.